The number of nitrogen functional groups attached to an aromatic ring is 1. The van der Waals surface area contributed by atoms with Gasteiger partial charge in [-0.15, -0.1) is 0 Å². The van der Waals surface area contributed by atoms with Crippen molar-refractivity contribution in [2.75, 3.05) is 12.8 Å². The first-order valence-electron chi connectivity index (χ1n) is 4.06. The lowest BCUT2D eigenvalue weighted by atomic mass is 10.2. The van der Waals surface area contributed by atoms with Crippen LogP contribution in [0.25, 0.3) is 0 Å². The Kier molecular flexibility index (Phi) is 2.89. The number of ketones is 1. The van der Waals surface area contributed by atoms with Crippen molar-refractivity contribution in [3.63, 3.8) is 0 Å². The molecule has 0 saturated heterocycles. The predicted octanol–water partition coefficient (Wildman–Crippen LogP) is 0.573. The van der Waals surface area contributed by atoms with E-state index in [1.807, 2.05) is 0 Å². The molecule has 80 valence electrons. The average molecular weight is 210 g/mol. The number of aromatic carboxylic acids is 1. The number of hydrogen-bond acceptors (Lipinski definition) is 5. The lowest BCUT2D eigenvalue weighted by molar-refractivity contribution is 0.0686. The van der Waals surface area contributed by atoms with Crippen LogP contribution in [0.4, 0.5) is 5.69 Å². The molecular formula is C9H10N2O4. The van der Waals surface area contributed by atoms with E-state index in [4.69, 9.17) is 15.6 Å². The number of Topliss-reactive ketones (excluding diaryl/α,β-unsaturated/α-hetero) is 1. The maximum atomic E-state index is 11.0. The Hall–Kier alpha value is -2.11. The summed E-state index contributed by atoms with van der Waals surface area (Å²) in [7, 11) is 1.28. The number of carbonyl (C=O) groups excluding carboxylic acids is 1. The van der Waals surface area contributed by atoms with E-state index in [1.165, 1.54) is 20.1 Å². The SMILES string of the molecule is COc1c(N)cc(C(C)=O)nc1C(=O)O. The average Bonchev–Trinajstić information content (AvgIpc) is 2.16. The van der Waals surface area contributed by atoms with Gasteiger partial charge in [-0.1, -0.05) is 0 Å². The van der Waals surface area contributed by atoms with Crippen LogP contribution < -0.4 is 10.5 Å². The van der Waals surface area contributed by atoms with Gasteiger partial charge in [-0.05, 0) is 6.07 Å². The minimum Gasteiger partial charge on any atom is -0.492 e. The minimum atomic E-state index is -1.29. The van der Waals surface area contributed by atoms with Gasteiger partial charge in [-0.3, -0.25) is 4.79 Å². The molecule has 0 unspecified atom stereocenters. The van der Waals surface area contributed by atoms with E-state index in [0.29, 0.717) is 0 Å². The number of carboxylic acid groups (broad SMARTS) is 1. The van der Waals surface area contributed by atoms with Gasteiger partial charge in [0.25, 0.3) is 0 Å². The fourth-order valence-electron chi connectivity index (χ4n) is 1.09. The zero-order chi connectivity index (χ0) is 11.6. The molecule has 0 spiro atoms. The van der Waals surface area contributed by atoms with E-state index >= 15 is 0 Å². The maximum absolute atomic E-state index is 11.0. The summed E-state index contributed by atoms with van der Waals surface area (Å²) in [5.41, 5.74) is 5.25. The number of anilines is 1. The molecule has 15 heavy (non-hydrogen) atoms. The van der Waals surface area contributed by atoms with E-state index in [1.54, 1.807) is 0 Å². The Morgan fingerprint density at radius 1 is 1.53 bits per heavy atom. The van der Waals surface area contributed by atoms with E-state index < -0.39 is 5.97 Å². The highest BCUT2D eigenvalue weighted by molar-refractivity contribution is 5.97. The molecule has 0 amide bonds. The molecule has 0 saturated carbocycles. The highest BCUT2D eigenvalue weighted by Crippen LogP contribution is 2.25. The lowest BCUT2D eigenvalue weighted by Gasteiger charge is -2.08. The van der Waals surface area contributed by atoms with Crippen LogP contribution in [0.3, 0.4) is 0 Å². The van der Waals surface area contributed by atoms with Crippen LogP contribution in [-0.2, 0) is 0 Å². The van der Waals surface area contributed by atoms with Crippen molar-refractivity contribution in [1.29, 1.82) is 0 Å². The zero-order valence-corrected chi connectivity index (χ0v) is 8.27. The van der Waals surface area contributed by atoms with Crippen LogP contribution in [0, 0.1) is 0 Å². The summed E-state index contributed by atoms with van der Waals surface area (Å²) >= 11 is 0. The van der Waals surface area contributed by atoms with Crippen LogP contribution in [0.15, 0.2) is 6.07 Å². The van der Waals surface area contributed by atoms with Gasteiger partial charge in [0.1, 0.15) is 5.69 Å². The lowest BCUT2D eigenvalue weighted by Crippen LogP contribution is -2.10. The molecule has 1 aromatic rings. The summed E-state index contributed by atoms with van der Waals surface area (Å²) in [4.78, 5) is 25.5. The molecule has 0 atom stereocenters. The molecule has 0 fully saturated rings. The fraction of sp³-hybridized carbons (Fsp3) is 0.222. The quantitative estimate of drug-likeness (QED) is 0.707. The molecular weight excluding hydrogens is 200 g/mol. The third kappa shape index (κ3) is 2.04. The van der Waals surface area contributed by atoms with Crippen molar-refractivity contribution in [1.82, 2.24) is 4.98 Å². The number of rotatable bonds is 3. The smallest absolute Gasteiger partial charge is 0.358 e. The van der Waals surface area contributed by atoms with Crippen LogP contribution in [0.1, 0.15) is 27.9 Å². The second-order valence-corrected chi connectivity index (χ2v) is 2.84. The number of ether oxygens (including phenoxy) is 1. The zero-order valence-electron chi connectivity index (χ0n) is 8.27. The Morgan fingerprint density at radius 2 is 2.13 bits per heavy atom. The first kappa shape index (κ1) is 11.0. The predicted molar refractivity (Wildman–Crippen MR) is 52.2 cm³/mol. The van der Waals surface area contributed by atoms with E-state index in [2.05, 4.69) is 4.98 Å². The summed E-state index contributed by atoms with van der Waals surface area (Å²) in [6.07, 6.45) is 0. The normalized spacial score (nSPS) is 9.73. The van der Waals surface area contributed by atoms with Gasteiger partial charge in [0.15, 0.2) is 17.2 Å². The second-order valence-electron chi connectivity index (χ2n) is 2.84. The molecule has 6 nitrogen and oxygen atoms in total. The number of methoxy groups -OCH3 is 1. The summed E-state index contributed by atoms with van der Waals surface area (Å²) in [5.74, 6) is -1.68. The van der Waals surface area contributed by atoms with Gasteiger partial charge in [-0.25, -0.2) is 9.78 Å². The van der Waals surface area contributed by atoms with Gasteiger partial charge in [-0.2, -0.15) is 0 Å². The van der Waals surface area contributed by atoms with Crippen LogP contribution in [0.2, 0.25) is 0 Å². The van der Waals surface area contributed by atoms with Gasteiger partial charge in [0, 0.05) is 6.92 Å². The third-order valence-corrected chi connectivity index (χ3v) is 1.77. The second kappa shape index (κ2) is 3.95. The molecule has 0 aliphatic carbocycles. The van der Waals surface area contributed by atoms with Crippen molar-refractivity contribution in [2.24, 2.45) is 0 Å². The number of pyridine rings is 1. The Labute approximate surface area is 85.7 Å². The number of carbonyl (C=O) groups is 2. The number of nitrogens with zero attached hydrogens (tertiary/aromatic N) is 1. The van der Waals surface area contributed by atoms with Gasteiger partial charge in [0.05, 0.1) is 12.8 Å². The number of hydrogen-bond donors (Lipinski definition) is 2. The number of carboxylic acids is 1. The van der Waals surface area contributed by atoms with Crippen molar-refractivity contribution in [3.8, 4) is 5.75 Å². The first-order chi connectivity index (χ1) is 6.97. The molecule has 3 N–H and O–H groups in total. The minimum absolute atomic E-state index is 0.00528. The van der Waals surface area contributed by atoms with Gasteiger partial charge in [0.2, 0.25) is 0 Å². The van der Waals surface area contributed by atoms with Crippen molar-refractivity contribution in [3.05, 3.63) is 17.5 Å². The van der Waals surface area contributed by atoms with Gasteiger partial charge < -0.3 is 15.6 Å². The first-order valence-corrected chi connectivity index (χ1v) is 4.06. The Balaban J connectivity index is 3.45. The standard InChI is InChI=1S/C9H10N2O4/c1-4(12)6-3-5(10)8(15-2)7(11-6)9(13)14/h3H,1-2H3,(H2,10,11)(H,13,14). The summed E-state index contributed by atoms with van der Waals surface area (Å²) in [5, 5.41) is 8.82. The molecule has 0 aliphatic rings. The molecule has 1 heterocycles. The van der Waals surface area contributed by atoms with Crippen molar-refractivity contribution in [2.45, 2.75) is 6.92 Å². The number of nitrogens with two attached hydrogens (primary N) is 1. The molecule has 1 rings (SSSR count). The Bertz CT molecular complexity index is 428. The monoisotopic (exact) mass is 210 g/mol. The highest BCUT2D eigenvalue weighted by atomic mass is 16.5. The summed E-state index contributed by atoms with van der Waals surface area (Å²) in [6, 6.07) is 1.29. The Morgan fingerprint density at radius 3 is 2.53 bits per heavy atom. The van der Waals surface area contributed by atoms with E-state index in [-0.39, 0.29) is 28.6 Å². The van der Waals surface area contributed by atoms with E-state index in [9.17, 15) is 9.59 Å². The molecule has 6 heteroatoms. The molecule has 0 aliphatic heterocycles. The van der Waals surface area contributed by atoms with Crippen LogP contribution in [0.5, 0.6) is 5.75 Å². The topological polar surface area (TPSA) is 103 Å². The highest BCUT2D eigenvalue weighted by Gasteiger charge is 2.18. The van der Waals surface area contributed by atoms with Crippen LogP contribution >= 0.6 is 0 Å². The van der Waals surface area contributed by atoms with Crippen LogP contribution in [-0.4, -0.2) is 29.0 Å². The largest absolute Gasteiger partial charge is 0.492 e. The molecule has 0 bridgehead atoms. The summed E-state index contributed by atoms with van der Waals surface area (Å²) in [6.45, 7) is 1.28. The maximum Gasteiger partial charge on any atom is 0.358 e. The molecule has 0 radical (unpaired) electrons. The van der Waals surface area contributed by atoms with Gasteiger partial charge >= 0.3 is 5.97 Å². The summed E-state index contributed by atoms with van der Waals surface area (Å²) < 4.78 is 4.79. The molecule has 0 aromatic carbocycles. The molecule has 1 aromatic heterocycles. The van der Waals surface area contributed by atoms with Crippen molar-refractivity contribution < 1.29 is 19.4 Å². The fourth-order valence-corrected chi connectivity index (χ4v) is 1.09. The van der Waals surface area contributed by atoms with E-state index in [0.717, 1.165) is 0 Å². The number of aromatic nitrogens is 1. The third-order valence-electron chi connectivity index (χ3n) is 1.77. The van der Waals surface area contributed by atoms with Crippen molar-refractivity contribution >= 4 is 17.4 Å².